The molecular formula is C14H7ClF2N2O3. The summed E-state index contributed by atoms with van der Waals surface area (Å²) in [5.74, 6) is -3.66. The zero-order chi connectivity index (χ0) is 16.0. The van der Waals surface area contributed by atoms with Gasteiger partial charge in [-0.2, -0.15) is 0 Å². The number of nitrogens with one attached hydrogen (secondary N) is 1. The number of Topliss-reactive ketones (excluding diaryl/α,β-unsaturated/α-hetero) is 2. The van der Waals surface area contributed by atoms with E-state index in [2.05, 4.69) is 9.97 Å². The molecule has 0 unspecified atom stereocenters. The summed E-state index contributed by atoms with van der Waals surface area (Å²) in [6, 6.07) is 3.09. The lowest BCUT2D eigenvalue weighted by molar-refractivity contribution is 0.0907. The molecule has 3 rings (SSSR count). The summed E-state index contributed by atoms with van der Waals surface area (Å²) in [5.41, 5.74) is -0.106. The summed E-state index contributed by atoms with van der Waals surface area (Å²) >= 11 is 5.78. The van der Waals surface area contributed by atoms with E-state index in [0.29, 0.717) is 0 Å². The lowest BCUT2D eigenvalue weighted by Gasteiger charge is -2.11. The minimum Gasteiger partial charge on any atom is -0.491 e. The van der Waals surface area contributed by atoms with E-state index in [4.69, 9.17) is 16.3 Å². The second-order valence-corrected chi connectivity index (χ2v) is 4.82. The van der Waals surface area contributed by atoms with Crippen LogP contribution in [-0.2, 0) is 4.74 Å². The van der Waals surface area contributed by atoms with Gasteiger partial charge in [0.2, 0.25) is 11.6 Å². The van der Waals surface area contributed by atoms with Crippen molar-refractivity contribution in [3.63, 3.8) is 0 Å². The Balaban J connectivity index is 2.13. The Morgan fingerprint density at radius 2 is 1.91 bits per heavy atom. The Kier molecular flexibility index (Phi) is 3.29. The number of allylic oxidation sites excluding steroid dienone is 2. The van der Waals surface area contributed by atoms with E-state index in [1.807, 2.05) is 0 Å². The summed E-state index contributed by atoms with van der Waals surface area (Å²) in [4.78, 5) is 30.8. The van der Waals surface area contributed by atoms with Gasteiger partial charge in [0, 0.05) is 5.56 Å². The Hall–Kier alpha value is -2.54. The summed E-state index contributed by atoms with van der Waals surface area (Å²) in [6.45, 7) is 0. The number of fused-ring (bicyclic) bond motifs is 1. The molecule has 112 valence electrons. The first kappa shape index (κ1) is 14.4. The number of rotatable bonds is 2. The number of carbonyl (C=O) groups is 2. The van der Waals surface area contributed by atoms with Gasteiger partial charge in [-0.25, -0.2) is 13.8 Å². The maximum Gasteiger partial charge on any atom is 0.249 e. The van der Waals surface area contributed by atoms with E-state index in [1.54, 1.807) is 0 Å². The Labute approximate surface area is 127 Å². The molecule has 0 bridgehead atoms. The largest absolute Gasteiger partial charge is 0.491 e. The van der Waals surface area contributed by atoms with E-state index in [1.165, 1.54) is 13.2 Å². The van der Waals surface area contributed by atoms with Crippen LogP contribution in [0.4, 0.5) is 8.78 Å². The van der Waals surface area contributed by atoms with Crippen molar-refractivity contribution < 1.29 is 23.1 Å². The fourth-order valence-corrected chi connectivity index (χ4v) is 2.34. The van der Waals surface area contributed by atoms with Gasteiger partial charge >= 0.3 is 0 Å². The molecule has 1 aliphatic rings. The second kappa shape index (κ2) is 5.03. The van der Waals surface area contributed by atoms with Gasteiger partial charge in [-0.3, -0.25) is 9.59 Å². The van der Waals surface area contributed by atoms with Gasteiger partial charge in [0.25, 0.3) is 0 Å². The van der Waals surface area contributed by atoms with E-state index in [0.717, 1.165) is 12.1 Å². The number of nitrogens with zero attached hydrogens (tertiary/aromatic N) is 1. The number of aromatic amines is 1. The molecule has 0 radical (unpaired) electrons. The van der Waals surface area contributed by atoms with E-state index in [-0.39, 0.29) is 33.6 Å². The molecular weight excluding hydrogens is 318 g/mol. The smallest absolute Gasteiger partial charge is 0.249 e. The highest BCUT2D eigenvalue weighted by atomic mass is 35.5. The van der Waals surface area contributed by atoms with Crippen LogP contribution in [0.5, 0.6) is 0 Å². The number of aromatic nitrogens is 2. The maximum absolute atomic E-state index is 13.3. The molecule has 1 N–H and O–H groups in total. The molecule has 22 heavy (non-hydrogen) atoms. The molecule has 1 aliphatic carbocycles. The number of H-pyrrole nitrogens is 1. The predicted octanol–water partition coefficient (Wildman–Crippen LogP) is 2.83. The molecule has 1 heterocycles. The molecule has 0 atom stereocenters. The van der Waals surface area contributed by atoms with Crippen molar-refractivity contribution in [2.75, 3.05) is 7.11 Å². The van der Waals surface area contributed by atoms with Crippen LogP contribution >= 0.6 is 11.6 Å². The van der Waals surface area contributed by atoms with Crippen LogP contribution in [0.2, 0.25) is 0 Å². The zero-order valence-electron chi connectivity index (χ0n) is 11.0. The quantitative estimate of drug-likeness (QED) is 0.922. The number of hydrogen-bond donors (Lipinski definition) is 1. The van der Waals surface area contributed by atoms with Gasteiger partial charge < -0.3 is 9.72 Å². The number of halogens is 3. The fraction of sp³-hybridized carbons (Fsp3) is 0.0714. The molecule has 0 aliphatic heterocycles. The van der Waals surface area contributed by atoms with Gasteiger partial charge in [0.1, 0.15) is 22.2 Å². The van der Waals surface area contributed by atoms with Crippen molar-refractivity contribution in [2.45, 2.75) is 0 Å². The average Bonchev–Trinajstić information content (AvgIpc) is 2.94. The van der Waals surface area contributed by atoms with Gasteiger partial charge in [-0.1, -0.05) is 11.6 Å². The summed E-state index contributed by atoms with van der Waals surface area (Å²) in [5, 5.41) is -0.361. The molecule has 0 spiro atoms. The van der Waals surface area contributed by atoms with Gasteiger partial charge in [-0.15, -0.1) is 0 Å². The first-order valence-corrected chi connectivity index (χ1v) is 6.40. The third-order valence-electron chi connectivity index (χ3n) is 3.15. The number of benzene rings is 1. The Bertz CT molecular complexity index is 858. The highest BCUT2D eigenvalue weighted by Gasteiger charge is 2.36. The van der Waals surface area contributed by atoms with Crippen molar-refractivity contribution in [3.8, 4) is 11.4 Å². The first-order valence-electron chi connectivity index (χ1n) is 6.02. The zero-order valence-corrected chi connectivity index (χ0v) is 11.8. The minimum absolute atomic E-state index is 0.0485. The Morgan fingerprint density at radius 1 is 1.18 bits per heavy atom. The van der Waals surface area contributed by atoms with Crippen molar-refractivity contribution in [1.82, 2.24) is 9.97 Å². The summed E-state index contributed by atoms with van der Waals surface area (Å²) in [7, 11) is 1.21. The number of ether oxygens (including phenoxy) is 1. The molecule has 0 saturated heterocycles. The third-order valence-corrected chi connectivity index (χ3v) is 3.49. The normalized spacial score (nSPS) is 14.4. The lowest BCUT2D eigenvalue weighted by atomic mass is 10.0. The SMILES string of the molecule is COC1=C(Cl)C(=O)c2[nH]c(-c3ccc(F)c(F)c3)nc2C1=O. The monoisotopic (exact) mass is 324 g/mol. The first-order chi connectivity index (χ1) is 10.4. The van der Waals surface area contributed by atoms with Crippen molar-refractivity contribution in [3.05, 3.63) is 52.0 Å². The number of carbonyl (C=O) groups excluding carboxylic acids is 2. The molecule has 0 saturated carbocycles. The van der Waals surface area contributed by atoms with Gasteiger partial charge in [0.05, 0.1) is 7.11 Å². The number of hydrogen-bond acceptors (Lipinski definition) is 4. The number of ketones is 2. The molecule has 8 heteroatoms. The topological polar surface area (TPSA) is 72.1 Å². The number of imidazole rings is 1. The van der Waals surface area contributed by atoms with Crippen molar-refractivity contribution in [2.24, 2.45) is 0 Å². The van der Waals surface area contributed by atoms with Crippen molar-refractivity contribution in [1.29, 1.82) is 0 Å². The molecule has 0 amide bonds. The molecule has 5 nitrogen and oxygen atoms in total. The van der Waals surface area contributed by atoms with E-state index < -0.39 is 23.2 Å². The predicted molar refractivity (Wildman–Crippen MR) is 72.5 cm³/mol. The third kappa shape index (κ3) is 2.01. The standard InChI is InChI=1S/C14H7ClF2N2O3/c1-22-13-8(15)11(20)9-10(12(13)21)19-14(18-9)5-2-3-6(16)7(17)4-5/h2-4H,1H3,(H,18,19). The van der Waals surface area contributed by atoms with Crippen LogP contribution in [0.1, 0.15) is 21.0 Å². The lowest BCUT2D eigenvalue weighted by Crippen LogP contribution is -2.20. The highest BCUT2D eigenvalue weighted by Crippen LogP contribution is 2.30. The van der Waals surface area contributed by atoms with E-state index in [9.17, 15) is 18.4 Å². The Morgan fingerprint density at radius 3 is 2.55 bits per heavy atom. The van der Waals surface area contributed by atoms with Crippen LogP contribution in [0.25, 0.3) is 11.4 Å². The van der Waals surface area contributed by atoms with E-state index >= 15 is 0 Å². The van der Waals surface area contributed by atoms with Crippen LogP contribution in [0, 0.1) is 11.6 Å². The molecule has 0 fully saturated rings. The van der Waals surface area contributed by atoms with Gasteiger partial charge in [-0.05, 0) is 18.2 Å². The molecule has 2 aromatic rings. The number of methoxy groups -OCH3 is 1. The van der Waals surface area contributed by atoms with Crippen LogP contribution in [0.3, 0.4) is 0 Å². The van der Waals surface area contributed by atoms with Crippen LogP contribution in [0.15, 0.2) is 29.0 Å². The highest BCUT2D eigenvalue weighted by molar-refractivity contribution is 6.49. The summed E-state index contributed by atoms with van der Waals surface area (Å²) < 4.78 is 31.0. The van der Waals surface area contributed by atoms with Crippen molar-refractivity contribution >= 4 is 23.2 Å². The maximum atomic E-state index is 13.3. The molecule has 1 aromatic heterocycles. The average molecular weight is 325 g/mol. The minimum atomic E-state index is -1.07. The second-order valence-electron chi connectivity index (χ2n) is 4.44. The van der Waals surface area contributed by atoms with Crippen LogP contribution in [-0.4, -0.2) is 28.6 Å². The fourth-order valence-electron chi connectivity index (χ4n) is 2.08. The van der Waals surface area contributed by atoms with Crippen LogP contribution < -0.4 is 0 Å². The summed E-state index contributed by atoms with van der Waals surface area (Å²) in [6.07, 6.45) is 0. The molecule has 1 aromatic carbocycles. The van der Waals surface area contributed by atoms with Gasteiger partial charge in [0.15, 0.2) is 17.4 Å².